The van der Waals surface area contributed by atoms with Crippen LogP contribution in [0.4, 0.5) is 5.82 Å². The summed E-state index contributed by atoms with van der Waals surface area (Å²) < 4.78 is 0. The first-order chi connectivity index (χ1) is 8.58. The molecule has 6 heteroatoms. The molecule has 0 radical (unpaired) electrons. The zero-order chi connectivity index (χ0) is 13.5. The van der Waals surface area contributed by atoms with Crippen molar-refractivity contribution in [1.82, 2.24) is 9.88 Å². The maximum Gasteiger partial charge on any atom is 0.241 e. The highest BCUT2D eigenvalue weighted by Crippen LogP contribution is 2.04. The van der Waals surface area contributed by atoms with Crippen molar-refractivity contribution in [2.24, 2.45) is 5.73 Å². The summed E-state index contributed by atoms with van der Waals surface area (Å²) in [4.78, 5) is 18.0. The van der Waals surface area contributed by atoms with E-state index in [2.05, 4.69) is 10.3 Å². The van der Waals surface area contributed by atoms with E-state index in [-0.39, 0.29) is 12.5 Å². The minimum atomic E-state index is 0.0558. The van der Waals surface area contributed by atoms with Crippen molar-refractivity contribution in [1.29, 1.82) is 0 Å². The summed E-state index contributed by atoms with van der Waals surface area (Å²) >= 11 is 4.83. The van der Waals surface area contributed by atoms with Gasteiger partial charge in [0.1, 0.15) is 10.8 Å². The molecule has 3 N–H and O–H groups in total. The molecule has 0 saturated carbocycles. The number of hydrogen-bond acceptors (Lipinski definition) is 4. The number of carbonyl (C=O) groups is 1. The van der Waals surface area contributed by atoms with E-state index in [9.17, 15) is 4.79 Å². The Morgan fingerprint density at radius 3 is 2.56 bits per heavy atom. The van der Waals surface area contributed by atoms with E-state index in [1.807, 2.05) is 13.8 Å². The molecule has 5 nitrogen and oxygen atoms in total. The van der Waals surface area contributed by atoms with Gasteiger partial charge in [0.05, 0.1) is 6.54 Å². The van der Waals surface area contributed by atoms with Crippen molar-refractivity contribution < 1.29 is 4.79 Å². The summed E-state index contributed by atoms with van der Waals surface area (Å²) in [5, 5.41) is 2.97. The van der Waals surface area contributed by atoms with Crippen molar-refractivity contribution in [3.8, 4) is 0 Å². The highest BCUT2D eigenvalue weighted by molar-refractivity contribution is 7.80. The second-order valence-electron chi connectivity index (χ2n) is 3.72. The third-order valence-electron chi connectivity index (χ3n) is 2.58. The summed E-state index contributed by atoms with van der Waals surface area (Å²) in [5.41, 5.74) is 6.19. The number of pyridine rings is 1. The first-order valence-corrected chi connectivity index (χ1v) is 6.26. The van der Waals surface area contributed by atoms with Crippen LogP contribution < -0.4 is 11.1 Å². The van der Waals surface area contributed by atoms with Crippen LogP contribution in [0.25, 0.3) is 0 Å². The van der Waals surface area contributed by atoms with Crippen LogP contribution in [-0.2, 0) is 4.79 Å². The largest absolute Gasteiger partial charge is 0.389 e. The number of carbonyl (C=O) groups excluding carboxylic acids is 1. The fourth-order valence-electron chi connectivity index (χ4n) is 1.50. The van der Waals surface area contributed by atoms with Crippen LogP contribution in [0.3, 0.4) is 0 Å². The number of nitrogens with two attached hydrogens (primary N) is 1. The van der Waals surface area contributed by atoms with Crippen LogP contribution in [0, 0.1) is 0 Å². The van der Waals surface area contributed by atoms with Crippen molar-refractivity contribution in [2.45, 2.75) is 13.8 Å². The number of thiocarbonyl (C=S) groups is 1. The molecule has 0 fully saturated rings. The maximum atomic E-state index is 11.7. The fraction of sp³-hybridized carbons (Fsp3) is 0.417. The lowest BCUT2D eigenvalue weighted by molar-refractivity contribution is -0.128. The van der Waals surface area contributed by atoms with Gasteiger partial charge in [0, 0.05) is 24.8 Å². The average Bonchev–Trinajstić information content (AvgIpc) is 2.38. The number of aromatic nitrogens is 1. The molecule has 0 saturated heterocycles. The van der Waals surface area contributed by atoms with E-state index >= 15 is 0 Å². The zero-order valence-corrected chi connectivity index (χ0v) is 11.5. The smallest absolute Gasteiger partial charge is 0.241 e. The van der Waals surface area contributed by atoms with E-state index in [4.69, 9.17) is 18.0 Å². The standard InChI is InChI=1S/C12H18N4OS/c1-3-16(4-2)11(17)8-15-10-6-5-9(7-14-10)12(13)18/h5-7H,3-4,8H2,1-2H3,(H2,13,18)(H,14,15). The number of likely N-dealkylation sites (N-methyl/N-ethyl adjacent to an activating group) is 1. The van der Waals surface area contributed by atoms with Crippen LogP contribution in [-0.4, -0.2) is 40.4 Å². The first-order valence-electron chi connectivity index (χ1n) is 5.86. The molecule has 1 aromatic heterocycles. The SMILES string of the molecule is CCN(CC)C(=O)CNc1ccc(C(N)=S)cn1. The Morgan fingerprint density at radius 2 is 2.11 bits per heavy atom. The summed E-state index contributed by atoms with van der Waals surface area (Å²) in [6.45, 7) is 5.57. The Hall–Kier alpha value is -1.69. The van der Waals surface area contributed by atoms with Gasteiger partial charge in [-0.25, -0.2) is 4.98 Å². The topological polar surface area (TPSA) is 71.2 Å². The summed E-state index contributed by atoms with van der Waals surface area (Å²) in [7, 11) is 0. The molecular formula is C12H18N4OS. The first kappa shape index (κ1) is 14.4. The van der Waals surface area contributed by atoms with Crippen LogP contribution in [0.5, 0.6) is 0 Å². The van der Waals surface area contributed by atoms with Gasteiger partial charge in [-0.15, -0.1) is 0 Å². The van der Waals surface area contributed by atoms with Gasteiger partial charge in [0.25, 0.3) is 0 Å². The molecule has 0 aliphatic heterocycles. The number of nitrogens with zero attached hydrogens (tertiary/aromatic N) is 2. The van der Waals surface area contributed by atoms with Gasteiger partial charge in [0.15, 0.2) is 0 Å². The van der Waals surface area contributed by atoms with E-state index < -0.39 is 0 Å². The predicted molar refractivity (Wildman–Crippen MR) is 76.5 cm³/mol. The average molecular weight is 266 g/mol. The third-order valence-corrected chi connectivity index (χ3v) is 2.82. The van der Waals surface area contributed by atoms with Crippen molar-refractivity contribution in [2.75, 3.05) is 25.0 Å². The maximum absolute atomic E-state index is 11.7. The highest BCUT2D eigenvalue weighted by Gasteiger charge is 2.08. The molecule has 18 heavy (non-hydrogen) atoms. The van der Waals surface area contributed by atoms with Gasteiger partial charge in [-0.2, -0.15) is 0 Å². The molecule has 0 bridgehead atoms. The Morgan fingerprint density at radius 1 is 1.44 bits per heavy atom. The second-order valence-corrected chi connectivity index (χ2v) is 4.16. The van der Waals surface area contributed by atoms with Gasteiger partial charge in [-0.3, -0.25) is 4.79 Å². The monoisotopic (exact) mass is 266 g/mol. The minimum Gasteiger partial charge on any atom is -0.389 e. The molecule has 1 amide bonds. The van der Waals surface area contributed by atoms with Crippen molar-refractivity contribution in [3.63, 3.8) is 0 Å². The van der Waals surface area contributed by atoms with Gasteiger partial charge in [0.2, 0.25) is 5.91 Å². The van der Waals surface area contributed by atoms with Gasteiger partial charge in [-0.1, -0.05) is 12.2 Å². The summed E-state index contributed by atoms with van der Waals surface area (Å²) in [5.74, 6) is 0.690. The third kappa shape index (κ3) is 3.96. The number of rotatable bonds is 6. The summed E-state index contributed by atoms with van der Waals surface area (Å²) in [6, 6.07) is 3.53. The number of amides is 1. The molecule has 0 atom stereocenters. The molecule has 1 aromatic rings. The van der Waals surface area contributed by atoms with Crippen LogP contribution in [0.15, 0.2) is 18.3 Å². The van der Waals surface area contributed by atoms with Crippen LogP contribution >= 0.6 is 12.2 Å². The number of hydrogen-bond donors (Lipinski definition) is 2. The number of anilines is 1. The van der Waals surface area contributed by atoms with Gasteiger partial charge >= 0.3 is 0 Å². The Balaban J connectivity index is 2.53. The lowest BCUT2D eigenvalue weighted by Crippen LogP contribution is -2.35. The second kappa shape index (κ2) is 6.90. The molecular weight excluding hydrogens is 248 g/mol. The van der Waals surface area contributed by atoms with Gasteiger partial charge in [-0.05, 0) is 26.0 Å². The molecule has 98 valence electrons. The van der Waals surface area contributed by atoms with Crippen LogP contribution in [0.1, 0.15) is 19.4 Å². The van der Waals surface area contributed by atoms with Crippen molar-refractivity contribution >= 4 is 28.9 Å². The normalized spacial score (nSPS) is 9.89. The van der Waals surface area contributed by atoms with Crippen molar-refractivity contribution in [3.05, 3.63) is 23.9 Å². The molecule has 0 aliphatic carbocycles. The molecule has 0 aromatic carbocycles. The van der Waals surface area contributed by atoms with Gasteiger partial charge < -0.3 is 16.0 Å². The fourth-order valence-corrected chi connectivity index (χ4v) is 1.62. The van der Waals surface area contributed by atoms with E-state index in [0.717, 1.165) is 0 Å². The summed E-state index contributed by atoms with van der Waals surface area (Å²) in [6.07, 6.45) is 1.59. The molecule has 1 rings (SSSR count). The molecule has 0 unspecified atom stereocenters. The predicted octanol–water partition coefficient (Wildman–Crippen LogP) is 0.996. The zero-order valence-electron chi connectivity index (χ0n) is 10.6. The molecule has 1 heterocycles. The molecule has 0 aliphatic rings. The highest BCUT2D eigenvalue weighted by atomic mass is 32.1. The number of nitrogens with one attached hydrogen (secondary N) is 1. The minimum absolute atomic E-state index is 0.0558. The van der Waals surface area contributed by atoms with E-state index in [1.165, 1.54) is 0 Å². The Bertz CT molecular complexity index is 415. The van der Waals surface area contributed by atoms with Crippen LogP contribution in [0.2, 0.25) is 0 Å². The Kier molecular flexibility index (Phi) is 5.51. The lowest BCUT2D eigenvalue weighted by Gasteiger charge is -2.18. The van der Waals surface area contributed by atoms with E-state index in [1.54, 1.807) is 23.2 Å². The molecule has 0 spiro atoms. The Labute approximate surface area is 112 Å². The lowest BCUT2D eigenvalue weighted by atomic mass is 10.3. The van der Waals surface area contributed by atoms with E-state index in [0.29, 0.717) is 29.5 Å². The quantitative estimate of drug-likeness (QED) is 0.752.